The van der Waals surface area contributed by atoms with Crippen LogP contribution in [0.1, 0.15) is 17.9 Å². The summed E-state index contributed by atoms with van der Waals surface area (Å²) >= 11 is 0. The summed E-state index contributed by atoms with van der Waals surface area (Å²) in [6, 6.07) is 7.80. The smallest absolute Gasteiger partial charge is 0.142 e. The molecule has 2 rings (SSSR count). The number of hydrogen-bond donors (Lipinski definition) is 0. The summed E-state index contributed by atoms with van der Waals surface area (Å²) in [6.07, 6.45) is 0.660. The van der Waals surface area contributed by atoms with Crippen molar-refractivity contribution in [2.75, 3.05) is 27.2 Å². The molecule has 0 bridgehead atoms. The molecule has 0 amide bonds. The lowest BCUT2D eigenvalue weighted by atomic mass is 9.89. The number of hydrogen-bond acceptors (Lipinski definition) is 3. The number of methoxy groups -OCH3 is 1. The van der Waals surface area contributed by atoms with E-state index in [1.165, 1.54) is 0 Å². The topological polar surface area (TPSA) is 29.5 Å². The van der Waals surface area contributed by atoms with Crippen LogP contribution < -0.4 is 4.74 Å². The van der Waals surface area contributed by atoms with Crippen LogP contribution in [0.3, 0.4) is 0 Å². The van der Waals surface area contributed by atoms with Gasteiger partial charge in [-0.05, 0) is 24.7 Å². The van der Waals surface area contributed by atoms with Crippen LogP contribution in [0.5, 0.6) is 5.75 Å². The number of piperidine rings is 1. The molecule has 1 saturated heterocycles. The molecule has 1 atom stereocenters. The van der Waals surface area contributed by atoms with Gasteiger partial charge in [0.15, 0.2) is 0 Å². The molecule has 0 aliphatic carbocycles. The van der Waals surface area contributed by atoms with E-state index < -0.39 is 0 Å². The fraction of sp³-hybridized carbons (Fsp3) is 0.462. The van der Waals surface area contributed by atoms with Crippen LogP contribution in [0.25, 0.3) is 0 Å². The Morgan fingerprint density at radius 3 is 2.62 bits per heavy atom. The number of ether oxygens (including phenoxy) is 1. The van der Waals surface area contributed by atoms with Gasteiger partial charge in [-0.2, -0.15) is 0 Å². The van der Waals surface area contributed by atoms with Crippen LogP contribution in [0, 0.1) is 0 Å². The number of carbonyl (C=O) groups excluding carboxylic acids is 1. The van der Waals surface area contributed by atoms with Crippen molar-refractivity contribution in [1.29, 1.82) is 0 Å². The SMILES string of the molecule is COc1ccc(C2CN(C)CCC2=O)cc1. The van der Waals surface area contributed by atoms with E-state index >= 15 is 0 Å². The minimum Gasteiger partial charge on any atom is -0.497 e. The highest BCUT2D eigenvalue weighted by Gasteiger charge is 2.26. The van der Waals surface area contributed by atoms with Crippen LogP contribution in [0.4, 0.5) is 0 Å². The number of benzene rings is 1. The second kappa shape index (κ2) is 4.66. The first-order valence-electron chi connectivity index (χ1n) is 5.56. The number of likely N-dealkylation sites (tertiary alicyclic amines) is 1. The second-order valence-corrected chi connectivity index (χ2v) is 4.30. The van der Waals surface area contributed by atoms with Crippen molar-refractivity contribution in [3.8, 4) is 5.75 Å². The van der Waals surface area contributed by atoms with Gasteiger partial charge >= 0.3 is 0 Å². The maximum absolute atomic E-state index is 11.8. The Morgan fingerprint density at radius 2 is 2.00 bits per heavy atom. The number of likely N-dealkylation sites (N-methyl/N-ethyl adjacent to an activating group) is 1. The van der Waals surface area contributed by atoms with Gasteiger partial charge in [-0.1, -0.05) is 12.1 Å². The monoisotopic (exact) mass is 219 g/mol. The predicted molar refractivity (Wildman–Crippen MR) is 62.9 cm³/mol. The molecular formula is C13H17NO2. The van der Waals surface area contributed by atoms with Crippen molar-refractivity contribution in [3.63, 3.8) is 0 Å². The van der Waals surface area contributed by atoms with Crippen molar-refractivity contribution in [2.45, 2.75) is 12.3 Å². The van der Waals surface area contributed by atoms with Crippen molar-refractivity contribution in [3.05, 3.63) is 29.8 Å². The van der Waals surface area contributed by atoms with E-state index in [0.717, 1.165) is 24.4 Å². The Balaban J connectivity index is 2.18. The molecule has 16 heavy (non-hydrogen) atoms. The highest BCUT2D eigenvalue weighted by atomic mass is 16.5. The summed E-state index contributed by atoms with van der Waals surface area (Å²) in [5.41, 5.74) is 1.09. The molecule has 1 aliphatic heterocycles. The molecule has 0 N–H and O–H groups in total. The highest BCUT2D eigenvalue weighted by Crippen LogP contribution is 2.24. The normalized spacial score (nSPS) is 22.1. The molecule has 0 spiro atoms. The number of carbonyl (C=O) groups is 1. The lowest BCUT2D eigenvalue weighted by Crippen LogP contribution is -2.36. The zero-order chi connectivity index (χ0) is 11.5. The fourth-order valence-electron chi connectivity index (χ4n) is 2.11. The van der Waals surface area contributed by atoms with Crippen LogP contribution in [0.15, 0.2) is 24.3 Å². The molecule has 0 saturated carbocycles. The predicted octanol–water partition coefficient (Wildman–Crippen LogP) is 1.68. The van der Waals surface area contributed by atoms with Gasteiger partial charge in [0.25, 0.3) is 0 Å². The Morgan fingerprint density at radius 1 is 1.31 bits per heavy atom. The number of rotatable bonds is 2. The molecule has 1 aliphatic rings. The summed E-state index contributed by atoms with van der Waals surface area (Å²) < 4.78 is 5.11. The van der Waals surface area contributed by atoms with Gasteiger partial charge in [0, 0.05) is 19.5 Å². The zero-order valence-corrected chi connectivity index (χ0v) is 9.77. The van der Waals surface area contributed by atoms with Gasteiger partial charge in [-0.3, -0.25) is 4.79 Å². The number of nitrogens with zero attached hydrogens (tertiary/aromatic N) is 1. The Labute approximate surface area is 96.0 Å². The molecule has 0 radical (unpaired) electrons. The van der Waals surface area contributed by atoms with E-state index in [4.69, 9.17) is 4.74 Å². The van der Waals surface area contributed by atoms with Gasteiger partial charge in [0.2, 0.25) is 0 Å². The molecule has 1 aromatic rings. The lowest BCUT2D eigenvalue weighted by Gasteiger charge is -2.28. The van der Waals surface area contributed by atoms with Crippen LogP contribution >= 0.6 is 0 Å². The van der Waals surface area contributed by atoms with Gasteiger partial charge in [-0.15, -0.1) is 0 Å². The van der Waals surface area contributed by atoms with E-state index in [0.29, 0.717) is 12.2 Å². The molecule has 1 heterocycles. The third kappa shape index (κ3) is 2.25. The molecule has 86 valence electrons. The first-order valence-corrected chi connectivity index (χ1v) is 5.56. The largest absolute Gasteiger partial charge is 0.497 e. The van der Waals surface area contributed by atoms with E-state index in [-0.39, 0.29) is 5.92 Å². The number of Topliss-reactive ketones (excluding diaryl/α,β-unsaturated/α-hetero) is 1. The highest BCUT2D eigenvalue weighted by molar-refractivity contribution is 5.86. The first kappa shape index (κ1) is 11.1. The van der Waals surface area contributed by atoms with E-state index in [1.807, 2.05) is 24.3 Å². The van der Waals surface area contributed by atoms with Crippen LogP contribution in [-0.4, -0.2) is 37.9 Å². The van der Waals surface area contributed by atoms with Crippen molar-refractivity contribution in [2.24, 2.45) is 0 Å². The molecule has 0 aromatic heterocycles. The molecule has 3 nitrogen and oxygen atoms in total. The first-order chi connectivity index (χ1) is 7.70. The zero-order valence-electron chi connectivity index (χ0n) is 9.77. The van der Waals surface area contributed by atoms with Crippen LogP contribution in [-0.2, 0) is 4.79 Å². The van der Waals surface area contributed by atoms with Gasteiger partial charge in [0.1, 0.15) is 11.5 Å². The van der Waals surface area contributed by atoms with Crippen molar-refractivity contribution < 1.29 is 9.53 Å². The molecule has 1 unspecified atom stereocenters. The molecule has 1 aromatic carbocycles. The van der Waals surface area contributed by atoms with Crippen molar-refractivity contribution >= 4 is 5.78 Å². The maximum Gasteiger partial charge on any atom is 0.142 e. The maximum atomic E-state index is 11.8. The fourth-order valence-corrected chi connectivity index (χ4v) is 2.11. The number of ketones is 1. The summed E-state index contributed by atoms with van der Waals surface area (Å²) in [5, 5.41) is 0. The van der Waals surface area contributed by atoms with Crippen molar-refractivity contribution in [1.82, 2.24) is 4.90 Å². The minimum absolute atomic E-state index is 0.0321. The van der Waals surface area contributed by atoms with E-state index in [9.17, 15) is 4.79 Å². The average Bonchev–Trinajstić information content (AvgIpc) is 2.32. The van der Waals surface area contributed by atoms with Gasteiger partial charge < -0.3 is 9.64 Å². The summed E-state index contributed by atoms with van der Waals surface area (Å²) in [4.78, 5) is 14.0. The van der Waals surface area contributed by atoms with E-state index in [1.54, 1.807) is 7.11 Å². The second-order valence-electron chi connectivity index (χ2n) is 4.30. The van der Waals surface area contributed by atoms with E-state index in [2.05, 4.69) is 11.9 Å². The third-order valence-corrected chi connectivity index (χ3v) is 3.14. The van der Waals surface area contributed by atoms with Gasteiger partial charge in [-0.25, -0.2) is 0 Å². The quantitative estimate of drug-likeness (QED) is 0.758. The summed E-state index contributed by atoms with van der Waals surface area (Å²) in [7, 11) is 3.71. The third-order valence-electron chi connectivity index (χ3n) is 3.14. The molecule has 3 heteroatoms. The Bertz CT molecular complexity index is 372. The van der Waals surface area contributed by atoms with Gasteiger partial charge in [0.05, 0.1) is 13.0 Å². The minimum atomic E-state index is 0.0321. The summed E-state index contributed by atoms with van der Waals surface area (Å²) in [5.74, 6) is 1.22. The average molecular weight is 219 g/mol. The molecule has 1 fully saturated rings. The Hall–Kier alpha value is -1.35. The molecular weight excluding hydrogens is 202 g/mol. The standard InChI is InChI=1S/C13H17NO2/c1-14-8-7-13(15)12(9-14)10-3-5-11(16-2)6-4-10/h3-6,12H,7-9H2,1-2H3. The lowest BCUT2D eigenvalue weighted by molar-refractivity contribution is -0.123. The Kier molecular flexibility index (Phi) is 3.25. The van der Waals surface area contributed by atoms with Crippen LogP contribution in [0.2, 0.25) is 0 Å². The summed E-state index contributed by atoms with van der Waals surface area (Å²) in [6.45, 7) is 1.71.